The fraction of sp³-hybridized carbons (Fsp3) is 1.00. The lowest BCUT2D eigenvalue weighted by atomic mass is 10.0. The summed E-state index contributed by atoms with van der Waals surface area (Å²) in [4.78, 5) is 0. The lowest BCUT2D eigenvalue weighted by molar-refractivity contribution is -0.160. The first-order valence-corrected chi connectivity index (χ1v) is 4.69. The van der Waals surface area contributed by atoms with Crippen LogP contribution in [0.15, 0.2) is 0 Å². The summed E-state index contributed by atoms with van der Waals surface area (Å²) in [5.41, 5.74) is 0. The van der Waals surface area contributed by atoms with Gasteiger partial charge in [0, 0.05) is 6.42 Å². The molecule has 0 saturated carbocycles. The molecule has 0 radical (unpaired) electrons. The number of rotatable bonds is 3. The zero-order chi connectivity index (χ0) is 9.84. The van der Waals surface area contributed by atoms with E-state index in [4.69, 9.17) is 14.6 Å². The van der Waals surface area contributed by atoms with Gasteiger partial charge in [0.25, 0.3) is 0 Å². The fourth-order valence-corrected chi connectivity index (χ4v) is 1.49. The van der Waals surface area contributed by atoms with Gasteiger partial charge in [-0.05, 0) is 13.8 Å². The minimum Gasteiger partial charge on any atom is -0.394 e. The van der Waals surface area contributed by atoms with Gasteiger partial charge >= 0.3 is 0 Å². The third-order valence-corrected chi connectivity index (χ3v) is 2.07. The average Bonchev–Trinajstić information content (AvgIpc) is 2.03. The van der Waals surface area contributed by atoms with Gasteiger partial charge in [-0.3, -0.25) is 0 Å². The molecule has 0 aromatic carbocycles. The summed E-state index contributed by atoms with van der Waals surface area (Å²) in [6.45, 7) is 4.23. The van der Waals surface area contributed by atoms with Crippen LogP contribution in [0.5, 0.6) is 0 Å². The molecule has 0 unspecified atom stereocenters. The fourth-order valence-electron chi connectivity index (χ4n) is 1.49. The molecular weight excluding hydrogens is 172 g/mol. The minimum atomic E-state index is -0.609. The van der Waals surface area contributed by atoms with Crippen LogP contribution in [0.1, 0.15) is 20.3 Å². The Hall–Kier alpha value is -0.160. The molecule has 0 spiro atoms. The van der Waals surface area contributed by atoms with Crippen molar-refractivity contribution in [2.45, 2.75) is 44.7 Å². The highest BCUT2D eigenvalue weighted by Crippen LogP contribution is 2.17. The van der Waals surface area contributed by atoms with Crippen molar-refractivity contribution < 1.29 is 19.7 Å². The summed E-state index contributed by atoms with van der Waals surface area (Å²) < 4.78 is 10.7. The van der Waals surface area contributed by atoms with E-state index in [1.807, 2.05) is 13.8 Å². The van der Waals surface area contributed by atoms with Crippen molar-refractivity contribution in [1.82, 2.24) is 0 Å². The number of aliphatic hydroxyl groups excluding tert-OH is 2. The van der Waals surface area contributed by atoms with Gasteiger partial charge in [-0.15, -0.1) is 0 Å². The maximum absolute atomic E-state index is 9.49. The molecule has 13 heavy (non-hydrogen) atoms. The molecule has 0 aliphatic carbocycles. The zero-order valence-electron chi connectivity index (χ0n) is 8.14. The van der Waals surface area contributed by atoms with E-state index in [-0.39, 0.29) is 18.8 Å². The van der Waals surface area contributed by atoms with E-state index in [0.29, 0.717) is 13.0 Å². The molecule has 0 aromatic heterocycles. The second kappa shape index (κ2) is 4.91. The second-order valence-electron chi connectivity index (χ2n) is 3.66. The van der Waals surface area contributed by atoms with Gasteiger partial charge in [0.2, 0.25) is 0 Å². The number of ether oxygens (including phenoxy) is 2. The Morgan fingerprint density at radius 2 is 2.23 bits per heavy atom. The maximum atomic E-state index is 9.49. The first-order chi connectivity index (χ1) is 6.13. The van der Waals surface area contributed by atoms with Gasteiger partial charge in [0.1, 0.15) is 6.10 Å². The van der Waals surface area contributed by atoms with Gasteiger partial charge in [-0.1, -0.05) is 0 Å². The zero-order valence-corrected chi connectivity index (χ0v) is 8.14. The van der Waals surface area contributed by atoms with Crippen LogP contribution in [0.2, 0.25) is 0 Å². The van der Waals surface area contributed by atoms with E-state index < -0.39 is 12.2 Å². The van der Waals surface area contributed by atoms with E-state index in [0.717, 1.165) is 0 Å². The molecule has 1 saturated heterocycles. The van der Waals surface area contributed by atoms with Crippen LogP contribution in [0.25, 0.3) is 0 Å². The van der Waals surface area contributed by atoms with E-state index in [9.17, 15) is 5.11 Å². The van der Waals surface area contributed by atoms with Crippen molar-refractivity contribution in [2.75, 3.05) is 13.2 Å². The quantitative estimate of drug-likeness (QED) is 0.653. The molecule has 0 aromatic rings. The van der Waals surface area contributed by atoms with Crippen molar-refractivity contribution in [2.24, 2.45) is 0 Å². The Labute approximate surface area is 78.5 Å². The molecule has 1 aliphatic heterocycles. The third kappa shape index (κ3) is 3.23. The molecule has 3 atom stereocenters. The minimum absolute atomic E-state index is 0.0437. The van der Waals surface area contributed by atoms with E-state index in [2.05, 4.69) is 0 Å². The second-order valence-corrected chi connectivity index (χ2v) is 3.66. The third-order valence-electron chi connectivity index (χ3n) is 2.07. The monoisotopic (exact) mass is 190 g/mol. The van der Waals surface area contributed by atoms with Crippen LogP contribution in [0.3, 0.4) is 0 Å². The first kappa shape index (κ1) is 10.9. The summed E-state index contributed by atoms with van der Waals surface area (Å²) in [5, 5.41) is 18.3. The van der Waals surface area contributed by atoms with Crippen LogP contribution in [0, 0.1) is 0 Å². The van der Waals surface area contributed by atoms with Crippen LogP contribution in [-0.4, -0.2) is 47.8 Å². The van der Waals surface area contributed by atoms with Crippen molar-refractivity contribution >= 4 is 0 Å². The Kier molecular flexibility index (Phi) is 4.12. The van der Waals surface area contributed by atoms with Crippen LogP contribution >= 0.6 is 0 Å². The van der Waals surface area contributed by atoms with Crippen LogP contribution < -0.4 is 0 Å². The highest BCUT2D eigenvalue weighted by Gasteiger charge is 2.30. The number of hydrogen-bond donors (Lipinski definition) is 2. The van der Waals surface area contributed by atoms with Crippen LogP contribution in [0.4, 0.5) is 0 Å². The van der Waals surface area contributed by atoms with Crippen LogP contribution in [-0.2, 0) is 9.47 Å². The maximum Gasteiger partial charge on any atom is 0.107 e. The summed E-state index contributed by atoms with van der Waals surface area (Å²) >= 11 is 0. The average molecular weight is 190 g/mol. The summed E-state index contributed by atoms with van der Waals surface area (Å²) in [6, 6.07) is 0. The molecule has 4 nitrogen and oxygen atoms in total. The van der Waals surface area contributed by atoms with Crippen molar-refractivity contribution in [3.63, 3.8) is 0 Å². The molecule has 1 heterocycles. The largest absolute Gasteiger partial charge is 0.394 e. The Balaban J connectivity index is 2.32. The summed E-state index contributed by atoms with van der Waals surface area (Å²) in [6.07, 6.45) is -0.401. The van der Waals surface area contributed by atoms with Gasteiger partial charge < -0.3 is 19.7 Å². The predicted molar refractivity (Wildman–Crippen MR) is 47.5 cm³/mol. The molecule has 78 valence electrons. The normalized spacial score (nSPS) is 35.3. The van der Waals surface area contributed by atoms with E-state index in [1.54, 1.807) is 0 Å². The smallest absolute Gasteiger partial charge is 0.107 e. The lowest BCUT2D eigenvalue weighted by Crippen LogP contribution is -2.44. The molecule has 4 heteroatoms. The topological polar surface area (TPSA) is 58.9 Å². The summed E-state index contributed by atoms with van der Waals surface area (Å²) in [7, 11) is 0. The molecule has 2 N–H and O–H groups in total. The molecule has 1 fully saturated rings. The van der Waals surface area contributed by atoms with Gasteiger partial charge in [-0.2, -0.15) is 0 Å². The predicted octanol–water partition coefficient (Wildman–Crippen LogP) is -0.0779. The van der Waals surface area contributed by atoms with Crippen molar-refractivity contribution in [1.29, 1.82) is 0 Å². The standard InChI is InChI=1S/C9H18O4/c1-6(2)13-7-3-8(11)9(4-10)12-5-7/h6-11H,3-5H2,1-2H3/t7-,8+,9-/m1/s1. The highest BCUT2D eigenvalue weighted by atomic mass is 16.6. The lowest BCUT2D eigenvalue weighted by Gasteiger charge is -2.33. The Morgan fingerprint density at radius 1 is 1.54 bits per heavy atom. The van der Waals surface area contributed by atoms with Crippen molar-refractivity contribution in [3.8, 4) is 0 Å². The SMILES string of the molecule is CC(C)O[C@H]1CO[C@H](CO)[C@@H](O)C1. The van der Waals surface area contributed by atoms with Crippen molar-refractivity contribution in [3.05, 3.63) is 0 Å². The van der Waals surface area contributed by atoms with E-state index in [1.165, 1.54) is 0 Å². The molecule has 0 bridgehead atoms. The van der Waals surface area contributed by atoms with Gasteiger partial charge in [-0.25, -0.2) is 0 Å². The molecule has 0 amide bonds. The number of hydrogen-bond acceptors (Lipinski definition) is 4. The Morgan fingerprint density at radius 3 is 2.69 bits per heavy atom. The molecular formula is C9H18O4. The Bertz CT molecular complexity index is 149. The molecule has 1 rings (SSSR count). The van der Waals surface area contributed by atoms with E-state index >= 15 is 0 Å². The van der Waals surface area contributed by atoms with Gasteiger partial charge in [0.05, 0.1) is 31.5 Å². The number of aliphatic hydroxyl groups is 2. The summed E-state index contributed by atoms with van der Waals surface area (Å²) in [5.74, 6) is 0. The van der Waals surface area contributed by atoms with Gasteiger partial charge in [0.15, 0.2) is 0 Å². The highest BCUT2D eigenvalue weighted by molar-refractivity contribution is 4.78. The molecule has 1 aliphatic rings. The first-order valence-electron chi connectivity index (χ1n) is 4.69.